The molecule has 0 unspecified atom stereocenters. The average Bonchev–Trinajstić information content (AvgIpc) is 2.12. The second-order valence-corrected chi connectivity index (χ2v) is 2.63. The molecule has 1 fully saturated rings. The van der Waals surface area contributed by atoms with Crippen molar-refractivity contribution in [3.63, 3.8) is 0 Å². The van der Waals surface area contributed by atoms with E-state index in [4.69, 9.17) is 14.7 Å². The second kappa shape index (κ2) is 2.56. The van der Waals surface area contributed by atoms with Crippen LogP contribution >= 0.6 is 0 Å². The van der Waals surface area contributed by atoms with E-state index in [1.807, 2.05) is 13.8 Å². The first kappa shape index (κ1) is 7.50. The topological polar surface area (TPSA) is 51.0 Å². The summed E-state index contributed by atoms with van der Waals surface area (Å²) in [6.45, 7) is 4.09. The van der Waals surface area contributed by atoms with E-state index >= 15 is 0 Å². The third kappa shape index (κ3) is 1.68. The summed E-state index contributed by atoms with van der Waals surface area (Å²) in [6.07, 6.45) is 1.11. The summed E-state index contributed by atoms with van der Waals surface area (Å²) in [5.41, 5.74) is 0. The van der Waals surface area contributed by atoms with Gasteiger partial charge in [0.2, 0.25) is 0 Å². The van der Waals surface area contributed by atoms with Crippen LogP contribution in [-0.4, -0.2) is 29.9 Å². The number of hydrogen-bond donors (Lipinski definition) is 1. The lowest BCUT2D eigenvalue weighted by atomic mass is 10.4. The van der Waals surface area contributed by atoms with Crippen LogP contribution in [0.3, 0.4) is 0 Å². The van der Waals surface area contributed by atoms with Crippen LogP contribution in [0.1, 0.15) is 13.8 Å². The number of nitrogens with zero attached hydrogens (tertiary/aromatic N) is 1. The minimum Gasteiger partial charge on any atom is -0.411 e. The Hall–Kier alpha value is -0.610. The molecule has 1 heterocycles. The molecule has 4 heteroatoms. The van der Waals surface area contributed by atoms with Gasteiger partial charge in [0.15, 0.2) is 5.79 Å². The number of ether oxygens (including phenoxy) is 2. The monoisotopic (exact) mass is 145 g/mol. The molecule has 1 aliphatic rings. The van der Waals surface area contributed by atoms with E-state index in [0.29, 0.717) is 6.61 Å². The Morgan fingerprint density at radius 2 is 2.40 bits per heavy atom. The van der Waals surface area contributed by atoms with Gasteiger partial charge in [0.25, 0.3) is 0 Å². The maximum atomic E-state index is 8.13. The van der Waals surface area contributed by atoms with Crippen LogP contribution in [0, 0.1) is 0 Å². The van der Waals surface area contributed by atoms with Gasteiger partial charge >= 0.3 is 0 Å². The minimum absolute atomic E-state index is 0.208. The Kier molecular flexibility index (Phi) is 1.92. The first-order valence-electron chi connectivity index (χ1n) is 3.13. The molecular weight excluding hydrogens is 134 g/mol. The normalized spacial score (nSPS) is 31.6. The summed E-state index contributed by atoms with van der Waals surface area (Å²) in [6, 6.07) is 0. The summed E-state index contributed by atoms with van der Waals surface area (Å²) in [5.74, 6) is -0.536. The molecule has 1 aliphatic heterocycles. The SMILES string of the molecule is CC1(C)OC[C@@H](/C=N/O)O1. The lowest BCUT2D eigenvalue weighted by Crippen LogP contribution is -2.21. The fourth-order valence-electron chi connectivity index (χ4n) is 0.863. The molecule has 0 aromatic rings. The van der Waals surface area contributed by atoms with Crippen LogP contribution < -0.4 is 0 Å². The number of rotatable bonds is 1. The highest BCUT2D eigenvalue weighted by atomic mass is 16.7. The van der Waals surface area contributed by atoms with Crippen LogP contribution in [0.25, 0.3) is 0 Å². The fourth-order valence-corrected chi connectivity index (χ4v) is 0.863. The van der Waals surface area contributed by atoms with Crippen molar-refractivity contribution in [1.29, 1.82) is 0 Å². The quantitative estimate of drug-likeness (QED) is 0.334. The summed E-state index contributed by atoms with van der Waals surface area (Å²) < 4.78 is 10.4. The maximum Gasteiger partial charge on any atom is 0.163 e. The van der Waals surface area contributed by atoms with Crippen molar-refractivity contribution < 1.29 is 14.7 Å². The van der Waals surface area contributed by atoms with Gasteiger partial charge in [0.1, 0.15) is 6.10 Å². The maximum absolute atomic E-state index is 8.13. The summed E-state index contributed by atoms with van der Waals surface area (Å²) >= 11 is 0. The highest BCUT2D eigenvalue weighted by molar-refractivity contribution is 5.62. The molecule has 4 nitrogen and oxygen atoms in total. The van der Waals surface area contributed by atoms with E-state index in [1.54, 1.807) is 0 Å². The first-order valence-corrected chi connectivity index (χ1v) is 3.13. The van der Waals surface area contributed by atoms with Crippen molar-refractivity contribution >= 4 is 6.21 Å². The van der Waals surface area contributed by atoms with Gasteiger partial charge in [-0.1, -0.05) is 5.16 Å². The van der Waals surface area contributed by atoms with Crippen LogP contribution in [0.4, 0.5) is 0 Å². The second-order valence-electron chi connectivity index (χ2n) is 2.63. The molecule has 10 heavy (non-hydrogen) atoms. The third-order valence-corrected chi connectivity index (χ3v) is 1.26. The van der Waals surface area contributed by atoms with Crippen molar-refractivity contribution in [3.05, 3.63) is 0 Å². The van der Waals surface area contributed by atoms with Crippen molar-refractivity contribution in [2.24, 2.45) is 5.16 Å². The molecule has 58 valence electrons. The van der Waals surface area contributed by atoms with Gasteiger partial charge in [-0.05, 0) is 13.8 Å². The molecule has 1 saturated heterocycles. The predicted octanol–water partition coefficient (Wildman–Crippen LogP) is 0.598. The molecule has 0 radical (unpaired) electrons. The zero-order valence-corrected chi connectivity index (χ0v) is 6.07. The Morgan fingerprint density at radius 1 is 1.70 bits per heavy atom. The first-order chi connectivity index (χ1) is 4.64. The van der Waals surface area contributed by atoms with Gasteiger partial charge in [-0.25, -0.2) is 0 Å². The minimum atomic E-state index is -0.536. The van der Waals surface area contributed by atoms with E-state index in [9.17, 15) is 0 Å². The average molecular weight is 145 g/mol. The summed E-state index contributed by atoms with van der Waals surface area (Å²) in [7, 11) is 0. The van der Waals surface area contributed by atoms with Crippen molar-refractivity contribution in [1.82, 2.24) is 0 Å². The molecule has 0 aliphatic carbocycles. The van der Waals surface area contributed by atoms with Crippen molar-refractivity contribution in [3.8, 4) is 0 Å². The Morgan fingerprint density at radius 3 is 2.80 bits per heavy atom. The van der Waals surface area contributed by atoms with Crippen molar-refractivity contribution in [2.45, 2.75) is 25.7 Å². The van der Waals surface area contributed by atoms with Gasteiger partial charge in [-0.2, -0.15) is 0 Å². The van der Waals surface area contributed by atoms with Crippen LogP contribution in [0.5, 0.6) is 0 Å². The molecule has 1 atom stereocenters. The van der Waals surface area contributed by atoms with E-state index in [2.05, 4.69) is 5.16 Å². The third-order valence-electron chi connectivity index (χ3n) is 1.26. The summed E-state index contributed by atoms with van der Waals surface area (Å²) in [4.78, 5) is 0. The van der Waals surface area contributed by atoms with E-state index in [-0.39, 0.29) is 6.10 Å². The fraction of sp³-hybridized carbons (Fsp3) is 0.833. The number of oxime groups is 1. The lowest BCUT2D eigenvalue weighted by Gasteiger charge is -2.15. The lowest BCUT2D eigenvalue weighted by molar-refractivity contribution is -0.131. The zero-order valence-electron chi connectivity index (χ0n) is 6.07. The predicted molar refractivity (Wildman–Crippen MR) is 35.2 cm³/mol. The number of hydrogen-bond acceptors (Lipinski definition) is 4. The van der Waals surface area contributed by atoms with Gasteiger partial charge in [-0.15, -0.1) is 0 Å². The molecule has 1 rings (SSSR count). The molecular formula is C6H11NO3. The molecule has 0 aromatic carbocycles. The van der Waals surface area contributed by atoms with Crippen LogP contribution in [0.2, 0.25) is 0 Å². The van der Waals surface area contributed by atoms with Gasteiger partial charge in [0.05, 0.1) is 12.8 Å². The van der Waals surface area contributed by atoms with Crippen LogP contribution in [0.15, 0.2) is 5.16 Å². The van der Waals surface area contributed by atoms with Gasteiger partial charge in [0, 0.05) is 0 Å². The Balaban J connectivity index is 2.43. The molecule has 0 spiro atoms. The van der Waals surface area contributed by atoms with E-state index in [0.717, 1.165) is 0 Å². The standard InChI is InChI=1S/C6H11NO3/c1-6(2)9-4-5(10-6)3-7-8/h3,5,8H,4H2,1-2H3/b7-3+/t5-/m1/s1. The van der Waals surface area contributed by atoms with Crippen LogP contribution in [-0.2, 0) is 9.47 Å². The van der Waals surface area contributed by atoms with Gasteiger partial charge in [-0.3, -0.25) is 0 Å². The smallest absolute Gasteiger partial charge is 0.163 e. The molecule has 1 N–H and O–H groups in total. The highest BCUT2D eigenvalue weighted by Gasteiger charge is 2.31. The van der Waals surface area contributed by atoms with Gasteiger partial charge < -0.3 is 14.7 Å². The van der Waals surface area contributed by atoms with E-state index < -0.39 is 5.79 Å². The molecule has 0 saturated carbocycles. The zero-order chi connectivity index (χ0) is 7.61. The largest absolute Gasteiger partial charge is 0.411 e. The Bertz CT molecular complexity index is 144. The molecule has 0 amide bonds. The Labute approximate surface area is 59.4 Å². The summed E-state index contributed by atoms with van der Waals surface area (Å²) in [5, 5.41) is 11.0. The molecule has 0 aromatic heterocycles. The van der Waals surface area contributed by atoms with E-state index in [1.165, 1.54) is 6.21 Å². The molecule has 0 bridgehead atoms. The highest BCUT2D eigenvalue weighted by Crippen LogP contribution is 2.20. The van der Waals surface area contributed by atoms with Crippen molar-refractivity contribution in [2.75, 3.05) is 6.61 Å².